The van der Waals surface area contributed by atoms with Crippen molar-refractivity contribution in [3.8, 4) is 0 Å². The molecule has 0 N–H and O–H groups in total. The van der Waals surface area contributed by atoms with E-state index >= 15 is 0 Å². The molecule has 0 atom stereocenters. The molecule has 1 amide bonds. The van der Waals surface area contributed by atoms with E-state index < -0.39 is 0 Å². The zero-order chi connectivity index (χ0) is 21.7. The molecule has 3 rings (SSSR count). The predicted octanol–water partition coefficient (Wildman–Crippen LogP) is 6.46. The van der Waals surface area contributed by atoms with Gasteiger partial charge in [0, 0.05) is 23.0 Å². The Morgan fingerprint density at radius 3 is 2.42 bits per heavy atom. The first-order valence-corrected chi connectivity index (χ1v) is 12.4. The summed E-state index contributed by atoms with van der Waals surface area (Å²) in [6.07, 6.45) is 0. The van der Waals surface area contributed by atoms with Gasteiger partial charge in [0.2, 0.25) is 5.91 Å². The summed E-state index contributed by atoms with van der Waals surface area (Å²) in [4.78, 5) is 23.3. The second kappa shape index (κ2) is 12.1. The summed E-state index contributed by atoms with van der Waals surface area (Å²) < 4.78 is 1.13. The predicted molar refractivity (Wildman–Crippen MR) is 139 cm³/mol. The fourth-order valence-corrected chi connectivity index (χ4v) is 5.42. The molecule has 0 bridgehead atoms. The molecule has 8 heteroatoms. The van der Waals surface area contributed by atoms with Crippen molar-refractivity contribution < 1.29 is 4.79 Å². The first-order chi connectivity index (χ1) is 14.4. The van der Waals surface area contributed by atoms with Crippen LogP contribution in [0.25, 0.3) is 10.2 Å². The van der Waals surface area contributed by atoms with E-state index in [2.05, 4.69) is 44.7 Å². The molecule has 0 aliphatic heterocycles. The van der Waals surface area contributed by atoms with Crippen LogP contribution in [-0.2, 0) is 4.79 Å². The molecule has 0 saturated heterocycles. The second-order valence-corrected chi connectivity index (χ2v) is 9.73. The van der Waals surface area contributed by atoms with Gasteiger partial charge < -0.3 is 4.90 Å². The normalized spacial score (nSPS) is 11.0. The molecule has 1 heterocycles. The van der Waals surface area contributed by atoms with Gasteiger partial charge in [-0.25, -0.2) is 4.98 Å². The van der Waals surface area contributed by atoms with Gasteiger partial charge in [-0.3, -0.25) is 9.69 Å². The molecular weight excluding hydrogens is 469 g/mol. The van der Waals surface area contributed by atoms with Crippen molar-refractivity contribution in [2.45, 2.75) is 32.6 Å². The first-order valence-electron chi connectivity index (χ1n) is 10.2. The number of aromatic nitrogens is 1. The molecule has 0 aliphatic carbocycles. The third-order valence-electron chi connectivity index (χ3n) is 5.06. The number of nitrogens with zero attached hydrogens (tertiary/aromatic N) is 3. The Morgan fingerprint density at radius 2 is 1.77 bits per heavy atom. The minimum atomic E-state index is 0. The molecule has 2 aromatic carbocycles. The van der Waals surface area contributed by atoms with Crippen LogP contribution in [0.5, 0.6) is 0 Å². The Bertz CT molecular complexity index is 1000. The van der Waals surface area contributed by atoms with E-state index in [4.69, 9.17) is 16.6 Å². The number of likely N-dealkylation sites (N-methyl/N-ethyl adjacent to an activating group) is 1. The minimum Gasteiger partial charge on any atom is -0.302 e. The van der Waals surface area contributed by atoms with Crippen LogP contribution in [0.2, 0.25) is 5.02 Å². The number of carbonyl (C=O) groups excluding carboxylic acids is 1. The van der Waals surface area contributed by atoms with Crippen molar-refractivity contribution in [2.24, 2.45) is 0 Å². The molecule has 168 valence electrons. The monoisotopic (exact) mass is 497 g/mol. The number of fused-ring (bicyclic) bond motifs is 1. The summed E-state index contributed by atoms with van der Waals surface area (Å²) in [7, 11) is 0. The number of amides is 1. The van der Waals surface area contributed by atoms with Gasteiger partial charge in [0.25, 0.3) is 0 Å². The van der Waals surface area contributed by atoms with Crippen molar-refractivity contribution in [1.29, 1.82) is 0 Å². The molecule has 0 aliphatic rings. The number of aryl methyl sites for hydroxylation is 2. The van der Waals surface area contributed by atoms with Crippen molar-refractivity contribution in [3.05, 3.63) is 52.5 Å². The van der Waals surface area contributed by atoms with Gasteiger partial charge in [-0.05, 0) is 68.4 Å². The maximum atomic E-state index is 13.2. The molecule has 3 aromatic rings. The number of halogens is 2. The van der Waals surface area contributed by atoms with Gasteiger partial charge in [-0.15, -0.1) is 24.2 Å². The Hall–Kier alpha value is -1.31. The van der Waals surface area contributed by atoms with Crippen LogP contribution >= 0.6 is 47.1 Å². The first kappa shape index (κ1) is 25.9. The van der Waals surface area contributed by atoms with E-state index in [-0.39, 0.29) is 18.3 Å². The van der Waals surface area contributed by atoms with E-state index in [1.807, 2.05) is 29.2 Å². The number of hydrogen-bond donors (Lipinski definition) is 0. The zero-order valence-electron chi connectivity index (χ0n) is 18.4. The molecule has 0 fully saturated rings. The van der Waals surface area contributed by atoms with Crippen molar-refractivity contribution in [3.63, 3.8) is 0 Å². The second-order valence-electron chi connectivity index (χ2n) is 7.24. The lowest BCUT2D eigenvalue weighted by Gasteiger charge is -2.24. The Morgan fingerprint density at radius 1 is 1.10 bits per heavy atom. The highest BCUT2D eigenvalue weighted by Gasteiger charge is 2.21. The molecule has 1 aromatic heterocycles. The highest BCUT2D eigenvalue weighted by atomic mass is 35.5. The van der Waals surface area contributed by atoms with Crippen LogP contribution in [-0.4, -0.2) is 47.7 Å². The van der Waals surface area contributed by atoms with Crippen LogP contribution < -0.4 is 4.90 Å². The summed E-state index contributed by atoms with van der Waals surface area (Å²) in [5.74, 6) is 0.448. The van der Waals surface area contributed by atoms with Crippen molar-refractivity contribution >= 4 is 68.4 Å². The fourth-order valence-electron chi connectivity index (χ4n) is 3.34. The van der Waals surface area contributed by atoms with Gasteiger partial charge in [0.1, 0.15) is 0 Å². The van der Waals surface area contributed by atoms with Gasteiger partial charge in [0.05, 0.1) is 16.0 Å². The number of carbonyl (C=O) groups is 1. The van der Waals surface area contributed by atoms with E-state index in [1.165, 1.54) is 17.3 Å². The van der Waals surface area contributed by atoms with Crippen LogP contribution in [0.3, 0.4) is 0 Å². The maximum absolute atomic E-state index is 13.2. The maximum Gasteiger partial charge on any atom is 0.239 e. The number of hydrogen-bond acceptors (Lipinski definition) is 5. The fraction of sp³-hybridized carbons (Fsp3) is 0.391. The van der Waals surface area contributed by atoms with Crippen molar-refractivity contribution in [2.75, 3.05) is 36.8 Å². The number of anilines is 1. The quantitative estimate of drug-likeness (QED) is 0.318. The van der Waals surface area contributed by atoms with E-state index in [1.54, 1.807) is 11.3 Å². The average Bonchev–Trinajstić information content (AvgIpc) is 3.14. The third-order valence-corrected chi connectivity index (χ3v) is 7.33. The molecule has 0 saturated carbocycles. The lowest BCUT2D eigenvalue weighted by Crippen LogP contribution is -2.39. The number of benzene rings is 2. The molecule has 4 nitrogen and oxygen atoms in total. The summed E-state index contributed by atoms with van der Waals surface area (Å²) in [5, 5.41) is 1.49. The zero-order valence-corrected chi connectivity index (χ0v) is 21.6. The van der Waals surface area contributed by atoms with Crippen LogP contribution in [0.15, 0.2) is 41.3 Å². The summed E-state index contributed by atoms with van der Waals surface area (Å²) in [5.41, 5.74) is 3.36. The Balaban J connectivity index is 0.00000341. The average molecular weight is 499 g/mol. The highest BCUT2D eigenvalue weighted by molar-refractivity contribution is 8.00. The molecule has 0 unspecified atom stereocenters. The Kier molecular flexibility index (Phi) is 10.1. The number of rotatable bonds is 9. The van der Waals surface area contributed by atoms with Gasteiger partial charge in [-0.1, -0.05) is 42.9 Å². The van der Waals surface area contributed by atoms with Crippen molar-refractivity contribution in [1.82, 2.24) is 9.88 Å². The largest absolute Gasteiger partial charge is 0.302 e. The smallest absolute Gasteiger partial charge is 0.239 e. The lowest BCUT2D eigenvalue weighted by molar-refractivity contribution is -0.116. The summed E-state index contributed by atoms with van der Waals surface area (Å²) in [6.45, 7) is 11.9. The third kappa shape index (κ3) is 6.83. The van der Waals surface area contributed by atoms with Crippen LogP contribution in [0, 0.1) is 13.8 Å². The molecule has 31 heavy (non-hydrogen) atoms. The van der Waals surface area contributed by atoms with Gasteiger partial charge in [-0.2, -0.15) is 0 Å². The van der Waals surface area contributed by atoms with Gasteiger partial charge in [0.15, 0.2) is 5.13 Å². The highest BCUT2D eigenvalue weighted by Crippen LogP contribution is 2.32. The van der Waals surface area contributed by atoms with E-state index in [0.717, 1.165) is 45.4 Å². The molecule has 0 spiro atoms. The summed E-state index contributed by atoms with van der Waals surface area (Å²) >= 11 is 9.10. The van der Waals surface area contributed by atoms with E-state index in [0.29, 0.717) is 17.3 Å². The van der Waals surface area contributed by atoms with Crippen LogP contribution in [0.1, 0.15) is 25.0 Å². The Labute approximate surface area is 204 Å². The SMILES string of the molecule is CCN(CC)CCN(C(=O)CSc1ccc(Cl)cc1)c1nc2c(C)cc(C)cc2s1.Cl. The summed E-state index contributed by atoms with van der Waals surface area (Å²) in [6, 6.07) is 11.9. The topological polar surface area (TPSA) is 36.4 Å². The lowest BCUT2D eigenvalue weighted by atomic mass is 10.1. The van der Waals surface area contributed by atoms with Crippen LogP contribution in [0.4, 0.5) is 5.13 Å². The number of thioether (sulfide) groups is 1. The van der Waals surface area contributed by atoms with E-state index in [9.17, 15) is 4.79 Å². The molecule has 0 radical (unpaired) electrons. The minimum absolute atomic E-state index is 0. The molecular formula is C23H29Cl2N3OS2. The number of thiazole rings is 1. The van der Waals surface area contributed by atoms with Gasteiger partial charge >= 0.3 is 0 Å². The standard InChI is InChI=1S/C23H28ClN3OS2.ClH/c1-5-26(6-2)11-12-27(21(28)15-29-19-9-7-18(24)8-10-19)23-25-22-17(4)13-16(3)14-20(22)30-23;/h7-10,13-14H,5-6,11-12,15H2,1-4H3;1H.